The first-order valence-corrected chi connectivity index (χ1v) is 8.02. The minimum absolute atomic E-state index is 0.0294. The van der Waals surface area contributed by atoms with E-state index in [0.717, 1.165) is 11.1 Å². The number of hydrogen-bond donors (Lipinski definition) is 1. The highest BCUT2D eigenvalue weighted by Crippen LogP contribution is 2.23. The molecular weight excluding hydrogens is 330 g/mol. The van der Waals surface area contributed by atoms with Gasteiger partial charge in [-0.25, -0.2) is 0 Å². The van der Waals surface area contributed by atoms with E-state index in [9.17, 15) is 10.1 Å². The maximum atomic E-state index is 11.0. The SMILES string of the molecule is O=[N+]([O-])c1ccccc1N/N=C/c1ccccc1OCc1ccccc1. The summed E-state index contributed by atoms with van der Waals surface area (Å²) in [6.07, 6.45) is 1.58. The molecule has 0 saturated heterocycles. The molecule has 1 N–H and O–H groups in total. The Kier molecular flexibility index (Phi) is 5.57. The molecule has 0 aromatic heterocycles. The summed E-state index contributed by atoms with van der Waals surface area (Å²) in [5.41, 5.74) is 4.86. The van der Waals surface area contributed by atoms with Gasteiger partial charge in [-0.1, -0.05) is 54.6 Å². The van der Waals surface area contributed by atoms with Gasteiger partial charge >= 0.3 is 0 Å². The van der Waals surface area contributed by atoms with Crippen LogP contribution in [0.3, 0.4) is 0 Å². The van der Waals surface area contributed by atoms with E-state index in [4.69, 9.17) is 4.74 Å². The highest BCUT2D eigenvalue weighted by atomic mass is 16.6. The monoisotopic (exact) mass is 347 g/mol. The largest absolute Gasteiger partial charge is 0.488 e. The van der Waals surface area contributed by atoms with Gasteiger partial charge in [-0.15, -0.1) is 0 Å². The maximum Gasteiger partial charge on any atom is 0.294 e. The minimum atomic E-state index is -0.450. The molecule has 3 rings (SSSR count). The average Bonchev–Trinajstić information content (AvgIpc) is 2.68. The molecule has 0 saturated carbocycles. The zero-order valence-electron chi connectivity index (χ0n) is 13.9. The summed E-state index contributed by atoms with van der Waals surface area (Å²) in [5.74, 6) is 0.685. The van der Waals surface area contributed by atoms with E-state index in [1.807, 2.05) is 54.6 Å². The van der Waals surface area contributed by atoms with E-state index in [1.165, 1.54) is 6.07 Å². The molecule has 0 aliphatic rings. The van der Waals surface area contributed by atoms with Crippen molar-refractivity contribution in [3.05, 3.63) is 100 Å². The van der Waals surface area contributed by atoms with Gasteiger partial charge in [0.1, 0.15) is 18.0 Å². The van der Waals surface area contributed by atoms with Crippen molar-refractivity contribution >= 4 is 17.6 Å². The summed E-state index contributed by atoms with van der Waals surface area (Å²) in [6, 6.07) is 23.7. The first-order chi connectivity index (χ1) is 12.7. The first kappa shape index (κ1) is 17.2. The molecule has 6 nitrogen and oxygen atoms in total. The van der Waals surface area contributed by atoms with Gasteiger partial charge in [0.25, 0.3) is 5.69 Å². The molecular formula is C20H17N3O3. The third kappa shape index (κ3) is 4.45. The topological polar surface area (TPSA) is 76.8 Å². The molecule has 26 heavy (non-hydrogen) atoms. The van der Waals surface area contributed by atoms with E-state index >= 15 is 0 Å². The summed E-state index contributed by atoms with van der Waals surface area (Å²) < 4.78 is 5.86. The Balaban J connectivity index is 1.70. The van der Waals surface area contributed by atoms with E-state index in [-0.39, 0.29) is 5.69 Å². The molecule has 3 aromatic carbocycles. The molecule has 0 radical (unpaired) electrons. The van der Waals surface area contributed by atoms with Crippen LogP contribution in [0.1, 0.15) is 11.1 Å². The molecule has 3 aromatic rings. The molecule has 0 fully saturated rings. The Bertz CT molecular complexity index is 911. The average molecular weight is 347 g/mol. The Morgan fingerprint density at radius 3 is 2.46 bits per heavy atom. The van der Waals surface area contributed by atoms with Crippen LogP contribution in [0.15, 0.2) is 84.0 Å². The van der Waals surface area contributed by atoms with Crippen molar-refractivity contribution in [2.45, 2.75) is 6.61 Å². The number of para-hydroxylation sites is 3. The van der Waals surface area contributed by atoms with E-state index < -0.39 is 4.92 Å². The number of ether oxygens (including phenoxy) is 1. The molecule has 6 heteroatoms. The van der Waals surface area contributed by atoms with Crippen LogP contribution in [0.2, 0.25) is 0 Å². The fraction of sp³-hybridized carbons (Fsp3) is 0.0500. The van der Waals surface area contributed by atoms with Crippen LogP contribution >= 0.6 is 0 Å². The maximum absolute atomic E-state index is 11.0. The van der Waals surface area contributed by atoms with Gasteiger partial charge in [-0.3, -0.25) is 15.5 Å². The second kappa shape index (κ2) is 8.43. The zero-order chi connectivity index (χ0) is 18.2. The fourth-order valence-corrected chi connectivity index (χ4v) is 2.35. The van der Waals surface area contributed by atoms with Crippen molar-refractivity contribution in [1.29, 1.82) is 0 Å². The highest BCUT2D eigenvalue weighted by molar-refractivity contribution is 5.84. The number of anilines is 1. The number of nitro groups is 1. The fourth-order valence-electron chi connectivity index (χ4n) is 2.35. The second-order valence-electron chi connectivity index (χ2n) is 5.46. The number of hydrazone groups is 1. The van der Waals surface area contributed by atoms with Gasteiger partial charge in [0.15, 0.2) is 0 Å². The van der Waals surface area contributed by atoms with Gasteiger partial charge in [0.05, 0.1) is 11.1 Å². The number of nitrogens with one attached hydrogen (secondary N) is 1. The van der Waals surface area contributed by atoms with Crippen molar-refractivity contribution < 1.29 is 9.66 Å². The lowest BCUT2D eigenvalue weighted by Gasteiger charge is -2.09. The van der Waals surface area contributed by atoms with Crippen LogP contribution in [0, 0.1) is 10.1 Å². The van der Waals surface area contributed by atoms with E-state index in [2.05, 4.69) is 10.5 Å². The van der Waals surface area contributed by atoms with Gasteiger partial charge in [-0.2, -0.15) is 5.10 Å². The molecule has 0 aliphatic carbocycles. The number of benzene rings is 3. The van der Waals surface area contributed by atoms with Crippen LogP contribution in [0.5, 0.6) is 5.75 Å². The number of nitrogens with zero attached hydrogens (tertiary/aromatic N) is 2. The van der Waals surface area contributed by atoms with Gasteiger partial charge < -0.3 is 4.74 Å². The highest BCUT2D eigenvalue weighted by Gasteiger charge is 2.11. The summed E-state index contributed by atoms with van der Waals surface area (Å²) in [5, 5.41) is 15.1. The summed E-state index contributed by atoms with van der Waals surface area (Å²) in [7, 11) is 0. The molecule has 0 unspecified atom stereocenters. The van der Waals surface area contributed by atoms with Crippen LogP contribution in [0.25, 0.3) is 0 Å². The number of hydrogen-bond acceptors (Lipinski definition) is 5. The van der Waals surface area contributed by atoms with Crippen LogP contribution in [-0.4, -0.2) is 11.1 Å². The van der Waals surface area contributed by atoms with Gasteiger partial charge in [0, 0.05) is 11.6 Å². The number of rotatable bonds is 7. The lowest BCUT2D eigenvalue weighted by Crippen LogP contribution is -1.99. The van der Waals surface area contributed by atoms with Gasteiger partial charge in [0.2, 0.25) is 0 Å². The van der Waals surface area contributed by atoms with Crippen LogP contribution in [-0.2, 0) is 6.61 Å². The molecule has 0 bridgehead atoms. The third-order valence-corrected chi connectivity index (χ3v) is 3.65. The van der Waals surface area contributed by atoms with Crippen molar-refractivity contribution in [1.82, 2.24) is 0 Å². The summed E-state index contributed by atoms with van der Waals surface area (Å²) >= 11 is 0. The predicted molar refractivity (Wildman–Crippen MR) is 102 cm³/mol. The minimum Gasteiger partial charge on any atom is -0.488 e. The smallest absolute Gasteiger partial charge is 0.294 e. The van der Waals surface area contributed by atoms with E-state index in [0.29, 0.717) is 18.0 Å². The summed E-state index contributed by atoms with van der Waals surface area (Å²) in [4.78, 5) is 10.6. The zero-order valence-corrected chi connectivity index (χ0v) is 13.9. The second-order valence-corrected chi connectivity index (χ2v) is 5.46. The Morgan fingerprint density at radius 1 is 0.962 bits per heavy atom. The Hall–Kier alpha value is -3.67. The Labute approximate surface area is 150 Å². The lowest BCUT2D eigenvalue weighted by atomic mass is 10.2. The van der Waals surface area contributed by atoms with Crippen LogP contribution < -0.4 is 10.2 Å². The molecule has 0 heterocycles. The lowest BCUT2D eigenvalue weighted by molar-refractivity contribution is -0.384. The number of nitro benzene ring substituents is 1. The molecule has 0 atom stereocenters. The first-order valence-electron chi connectivity index (χ1n) is 8.02. The molecule has 0 amide bonds. The standard InChI is InChI=1S/C20H17N3O3/c24-23(25)19-12-6-5-11-18(19)22-21-14-17-10-4-7-13-20(17)26-15-16-8-2-1-3-9-16/h1-14,22H,15H2/b21-14+. The van der Waals surface area contributed by atoms with E-state index in [1.54, 1.807) is 24.4 Å². The van der Waals surface area contributed by atoms with Crippen LogP contribution in [0.4, 0.5) is 11.4 Å². The Morgan fingerprint density at radius 2 is 1.65 bits per heavy atom. The quantitative estimate of drug-likeness (QED) is 0.384. The third-order valence-electron chi connectivity index (χ3n) is 3.65. The van der Waals surface area contributed by atoms with Crippen molar-refractivity contribution in [2.75, 3.05) is 5.43 Å². The molecule has 0 spiro atoms. The summed E-state index contributed by atoms with van der Waals surface area (Å²) in [6.45, 7) is 0.448. The van der Waals surface area contributed by atoms with Gasteiger partial charge in [-0.05, 0) is 23.8 Å². The predicted octanol–water partition coefficient (Wildman–Crippen LogP) is 4.62. The van der Waals surface area contributed by atoms with Crippen molar-refractivity contribution in [3.8, 4) is 5.75 Å². The van der Waals surface area contributed by atoms with Crippen molar-refractivity contribution in [3.63, 3.8) is 0 Å². The molecule has 0 aliphatic heterocycles. The molecule has 130 valence electrons. The normalized spacial score (nSPS) is 10.6. The van der Waals surface area contributed by atoms with Crippen molar-refractivity contribution in [2.24, 2.45) is 5.10 Å².